The molecule has 29 heavy (non-hydrogen) atoms. The number of aromatic nitrogens is 4. The molecule has 6 N–H and O–H groups in total. The molecule has 4 rings (SSSR count). The molecule has 2 aromatic rings. The van der Waals surface area contributed by atoms with Crippen LogP contribution in [0.1, 0.15) is 51.0 Å². The Morgan fingerprint density at radius 2 is 1.93 bits per heavy atom. The van der Waals surface area contributed by atoms with Crippen molar-refractivity contribution in [1.29, 1.82) is 0 Å². The van der Waals surface area contributed by atoms with Crippen molar-refractivity contribution in [2.24, 2.45) is 16.8 Å². The van der Waals surface area contributed by atoms with Crippen LogP contribution in [0.15, 0.2) is 21.9 Å². The van der Waals surface area contributed by atoms with Crippen molar-refractivity contribution in [3.05, 3.63) is 17.7 Å². The Bertz CT molecular complexity index is 803. The Balaban J connectivity index is 0.00000117. The van der Waals surface area contributed by atoms with E-state index in [9.17, 15) is 4.21 Å². The van der Waals surface area contributed by atoms with Crippen molar-refractivity contribution in [3.8, 4) is 11.4 Å². The van der Waals surface area contributed by atoms with Crippen LogP contribution in [0.25, 0.3) is 11.4 Å². The second-order valence-electron chi connectivity index (χ2n) is 7.36. The summed E-state index contributed by atoms with van der Waals surface area (Å²) >= 11 is 1.12. The molecule has 0 spiro atoms. The molecule has 1 unspecified atom stereocenters. The third-order valence-corrected chi connectivity index (χ3v) is 7.94. The number of H-pyrrole nitrogens is 1. The van der Waals surface area contributed by atoms with Crippen molar-refractivity contribution in [2.45, 2.75) is 61.3 Å². The minimum Gasteiger partial charge on any atom is -0.328 e. The highest BCUT2D eigenvalue weighted by molar-refractivity contribution is 7.98. The predicted molar refractivity (Wildman–Crippen MR) is 118 cm³/mol. The lowest BCUT2D eigenvalue weighted by atomic mass is 9.80. The van der Waals surface area contributed by atoms with Gasteiger partial charge in [0.1, 0.15) is 0 Å². The van der Waals surface area contributed by atoms with Gasteiger partial charge in [-0.1, -0.05) is 19.9 Å². The molecule has 2 aliphatic rings. The summed E-state index contributed by atoms with van der Waals surface area (Å²) in [5.41, 5.74) is 8.11. The molecular formula is C19H31N7OS2. The van der Waals surface area contributed by atoms with Crippen LogP contribution in [0.3, 0.4) is 0 Å². The Labute approximate surface area is 178 Å². The Hall–Kier alpha value is -1.33. The van der Waals surface area contributed by atoms with Crippen molar-refractivity contribution >= 4 is 22.7 Å². The van der Waals surface area contributed by atoms with E-state index in [-0.39, 0.29) is 6.04 Å². The number of nitrogens with zero attached hydrogens (tertiary/aromatic N) is 3. The molecule has 2 heterocycles. The molecule has 0 amide bonds. The highest BCUT2D eigenvalue weighted by atomic mass is 32.2. The number of nitrogens with one attached hydrogen (secondary N) is 2. The molecule has 2 fully saturated rings. The van der Waals surface area contributed by atoms with Gasteiger partial charge in [0.25, 0.3) is 0 Å². The van der Waals surface area contributed by atoms with Gasteiger partial charge in [-0.25, -0.2) is 0 Å². The molecule has 1 saturated carbocycles. The third kappa shape index (κ3) is 5.05. The summed E-state index contributed by atoms with van der Waals surface area (Å²) in [6, 6.07) is 4.34. The third-order valence-electron chi connectivity index (χ3n) is 5.55. The van der Waals surface area contributed by atoms with E-state index in [1.165, 1.54) is 0 Å². The fourth-order valence-corrected chi connectivity index (χ4v) is 6.22. The number of tetrazole rings is 1. The maximum absolute atomic E-state index is 13.0. The molecule has 0 bridgehead atoms. The van der Waals surface area contributed by atoms with Crippen LogP contribution < -0.4 is 16.2 Å². The van der Waals surface area contributed by atoms with Crippen LogP contribution in [-0.2, 0) is 10.8 Å². The van der Waals surface area contributed by atoms with E-state index in [4.69, 9.17) is 10.9 Å². The van der Waals surface area contributed by atoms with Crippen LogP contribution in [0.5, 0.6) is 0 Å². The summed E-state index contributed by atoms with van der Waals surface area (Å²) < 4.78 is 13.0. The van der Waals surface area contributed by atoms with E-state index < -0.39 is 10.8 Å². The van der Waals surface area contributed by atoms with Crippen LogP contribution in [0, 0.1) is 5.92 Å². The predicted octanol–water partition coefficient (Wildman–Crippen LogP) is 2.17. The molecule has 0 radical (unpaired) electrons. The number of aromatic amines is 1. The zero-order chi connectivity index (χ0) is 20.8. The average Bonchev–Trinajstić information content (AvgIpc) is 3.26. The van der Waals surface area contributed by atoms with Crippen molar-refractivity contribution in [2.75, 3.05) is 18.8 Å². The van der Waals surface area contributed by atoms with E-state index in [0.717, 1.165) is 71.6 Å². The first-order chi connectivity index (χ1) is 14.2. The SMILES string of the molecule is CC.NSc1c(S(=O)CC2CNC2)ccc(C2CCC(N)CC2)c1-c1nn[nH]n1. The van der Waals surface area contributed by atoms with E-state index >= 15 is 0 Å². The highest BCUT2D eigenvalue weighted by Crippen LogP contribution is 2.42. The summed E-state index contributed by atoms with van der Waals surface area (Å²) in [6.07, 6.45) is 4.06. The van der Waals surface area contributed by atoms with Crippen molar-refractivity contribution in [1.82, 2.24) is 25.9 Å². The summed E-state index contributed by atoms with van der Waals surface area (Å²) in [5.74, 6) is 1.98. The van der Waals surface area contributed by atoms with E-state index in [1.807, 2.05) is 19.9 Å². The lowest BCUT2D eigenvalue weighted by Crippen LogP contribution is -2.44. The average molecular weight is 438 g/mol. The molecule has 1 aliphatic carbocycles. The fraction of sp³-hybridized carbons (Fsp3) is 0.632. The fourth-order valence-electron chi connectivity index (χ4n) is 3.91. The molecule has 1 aromatic heterocycles. The second-order valence-corrected chi connectivity index (χ2v) is 9.47. The quantitative estimate of drug-likeness (QED) is 0.505. The van der Waals surface area contributed by atoms with Gasteiger partial charge in [-0.05, 0) is 66.3 Å². The van der Waals surface area contributed by atoms with Gasteiger partial charge in [-0.3, -0.25) is 9.35 Å². The van der Waals surface area contributed by atoms with Crippen molar-refractivity contribution < 1.29 is 4.21 Å². The number of nitrogens with two attached hydrogens (primary N) is 2. The van der Waals surface area contributed by atoms with Crippen LogP contribution in [0.2, 0.25) is 0 Å². The van der Waals surface area contributed by atoms with Crippen molar-refractivity contribution in [3.63, 3.8) is 0 Å². The molecule has 1 aliphatic heterocycles. The van der Waals surface area contributed by atoms with Gasteiger partial charge in [0.2, 0.25) is 5.82 Å². The van der Waals surface area contributed by atoms with Crippen LogP contribution >= 0.6 is 11.9 Å². The first-order valence-corrected chi connectivity index (χ1v) is 12.5. The number of rotatable bonds is 6. The van der Waals surface area contributed by atoms with Crippen LogP contribution in [-0.4, -0.2) is 49.7 Å². The van der Waals surface area contributed by atoms with Gasteiger partial charge in [0.05, 0.1) is 20.6 Å². The van der Waals surface area contributed by atoms with Gasteiger partial charge < -0.3 is 11.1 Å². The molecule has 1 aromatic carbocycles. The zero-order valence-corrected chi connectivity index (χ0v) is 18.7. The lowest BCUT2D eigenvalue weighted by Gasteiger charge is -2.29. The first-order valence-electron chi connectivity index (χ1n) is 10.3. The summed E-state index contributed by atoms with van der Waals surface area (Å²) in [4.78, 5) is 1.57. The normalized spacial score (nSPS) is 23.0. The topological polar surface area (TPSA) is 136 Å². The molecule has 160 valence electrons. The van der Waals surface area contributed by atoms with E-state index in [1.54, 1.807) is 0 Å². The molecule has 8 nitrogen and oxygen atoms in total. The maximum Gasteiger partial charge on any atom is 0.206 e. The summed E-state index contributed by atoms with van der Waals surface area (Å²) in [5, 5.41) is 24.0. The number of hydrogen-bond acceptors (Lipinski definition) is 8. The van der Waals surface area contributed by atoms with E-state index in [0.29, 0.717) is 23.4 Å². The Kier molecular flexibility index (Phi) is 8.19. The van der Waals surface area contributed by atoms with Crippen LogP contribution in [0.4, 0.5) is 0 Å². The smallest absolute Gasteiger partial charge is 0.206 e. The monoisotopic (exact) mass is 437 g/mol. The van der Waals surface area contributed by atoms with E-state index in [2.05, 4.69) is 32.0 Å². The molecular weight excluding hydrogens is 406 g/mol. The maximum atomic E-state index is 13.0. The lowest BCUT2D eigenvalue weighted by molar-refractivity contribution is 0.382. The highest BCUT2D eigenvalue weighted by Gasteiger charge is 2.29. The van der Waals surface area contributed by atoms with Gasteiger partial charge in [0.15, 0.2) is 0 Å². The molecule has 10 heteroatoms. The van der Waals surface area contributed by atoms with Gasteiger partial charge in [-0.15, -0.1) is 10.2 Å². The molecule has 1 saturated heterocycles. The van der Waals surface area contributed by atoms with Gasteiger partial charge in [0, 0.05) is 30.4 Å². The molecule has 1 atom stereocenters. The minimum absolute atomic E-state index is 0.279. The second kappa shape index (κ2) is 10.6. The first kappa shape index (κ1) is 22.4. The summed E-state index contributed by atoms with van der Waals surface area (Å²) in [6.45, 7) is 5.85. The standard InChI is InChI=1S/C17H25N7OS2.C2H6/c18-12-3-1-11(2-4-12)13-5-6-14(27(25)9-10-7-20-8-10)16(26-19)15(13)17-21-23-24-22-17;1-2/h5-6,10-12,20H,1-4,7-9,18-19H2,(H,21,22,23,24);1-2H3. The van der Waals surface area contributed by atoms with Gasteiger partial charge >= 0.3 is 0 Å². The zero-order valence-electron chi connectivity index (χ0n) is 17.1. The summed E-state index contributed by atoms with van der Waals surface area (Å²) in [7, 11) is -1.11. The number of benzene rings is 1. The Morgan fingerprint density at radius 1 is 1.21 bits per heavy atom. The minimum atomic E-state index is -1.11. The van der Waals surface area contributed by atoms with Gasteiger partial charge in [-0.2, -0.15) is 5.21 Å². The number of hydrogen-bond donors (Lipinski definition) is 4. The largest absolute Gasteiger partial charge is 0.328 e. The Morgan fingerprint density at radius 3 is 2.48 bits per heavy atom.